The second-order valence-electron chi connectivity index (χ2n) is 3.68. The molecule has 3 nitrogen and oxygen atoms in total. The molecule has 14 heavy (non-hydrogen) atoms. The summed E-state index contributed by atoms with van der Waals surface area (Å²) in [7, 11) is 1.98. The Morgan fingerprint density at radius 1 is 1.50 bits per heavy atom. The van der Waals surface area contributed by atoms with Crippen molar-refractivity contribution in [2.75, 3.05) is 7.05 Å². The van der Waals surface area contributed by atoms with Crippen molar-refractivity contribution in [2.24, 2.45) is 0 Å². The Labute approximate surface area is 84.0 Å². The van der Waals surface area contributed by atoms with Crippen LogP contribution in [0.1, 0.15) is 18.1 Å². The van der Waals surface area contributed by atoms with E-state index in [1.54, 1.807) is 0 Å². The summed E-state index contributed by atoms with van der Waals surface area (Å²) in [5.41, 5.74) is 2.46. The van der Waals surface area contributed by atoms with Gasteiger partial charge in [0.25, 0.3) is 0 Å². The first-order valence-corrected chi connectivity index (χ1v) is 4.88. The van der Waals surface area contributed by atoms with Crippen LogP contribution in [-0.4, -0.2) is 13.1 Å². The van der Waals surface area contributed by atoms with Crippen molar-refractivity contribution < 1.29 is 9.78 Å². The summed E-state index contributed by atoms with van der Waals surface area (Å²) >= 11 is 0. The number of nitrogens with one attached hydrogen (secondary N) is 1. The van der Waals surface area contributed by atoms with Gasteiger partial charge in [-0.15, -0.1) is 0 Å². The number of hydrogen-bond donors (Lipinski definition) is 1. The molecule has 76 valence electrons. The average Bonchev–Trinajstić information content (AvgIpc) is 2.64. The molecular formula is C11H15NO2. The fourth-order valence-electron chi connectivity index (χ4n) is 1.57. The molecule has 1 unspecified atom stereocenters. The van der Waals surface area contributed by atoms with Gasteiger partial charge in [-0.05, 0) is 38.1 Å². The molecule has 1 aromatic carbocycles. The molecular weight excluding hydrogens is 178 g/mol. The van der Waals surface area contributed by atoms with Crippen molar-refractivity contribution in [1.82, 2.24) is 5.32 Å². The fraction of sp³-hybridized carbons (Fsp3) is 0.455. The molecule has 1 N–H and O–H groups in total. The van der Waals surface area contributed by atoms with E-state index in [0.29, 0.717) is 12.6 Å². The third-order valence-electron chi connectivity index (χ3n) is 2.52. The third kappa shape index (κ3) is 1.89. The predicted molar refractivity (Wildman–Crippen MR) is 54.1 cm³/mol. The summed E-state index contributed by atoms with van der Waals surface area (Å²) in [6.07, 6.45) is 1.03. The highest BCUT2D eigenvalue weighted by Gasteiger charge is 2.14. The zero-order valence-corrected chi connectivity index (χ0v) is 8.54. The van der Waals surface area contributed by atoms with E-state index in [0.717, 1.165) is 17.7 Å². The minimum atomic E-state index is 0.497. The van der Waals surface area contributed by atoms with Crippen LogP contribution in [-0.2, 0) is 17.9 Å². The largest absolute Gasteiger partial charge is 0.337 e. The number of likely N-dealkylation sites (N-methyl/N-ethyl adjacent to an activating group) is 1. The molecule has 3 heteroatoms. The molecule has 0 saturated carbocycles. The highest BCUT2D eigenvalue weighted by molar-refractivity contribution is 5.38. The molecule has 0 spiro atoms. The topological polar surface area (TPSA) is 30.5 Å². The number of benzene rings is 1. The molecule has 0 fully saturated rings. The van der Waals surface area contributed by atoms with Gasteiger partial charge < -0.3 is 10.2 Å². The molecule has 0 radical (unpaired) electrons. The highest BCUT2D eigenvalue weighted by Crippen LogP contribution is 2.26. The molecule has 1 heterocycles. The van der Waals surface area contributed by atoms with Gasteiger partial charge >= 0.3 is 0 Å². The predicted octanol–water partition coefficient (Wildman–Crippen LogP) is 1.66. The van der Waals surface area contributed by atoms with Crippen molar-refractivity contribution in [3.05, 3.63) is 29.3 Å². The molecule has 0 amide bonds. The molecule has 1 aliphatic heterocycles. The van der Waals surface area contributed by atoms with E-state index in [4.69, 9.17) is 9.78 Å². The Morgan fingerprint density at radius 3 is 3.14 bits per heavy atom. The lowest BCUT2D eigenvalue weighted by Gasteiger charge is -2.10. The summed E-state index contributed by atoms with van der Waals surface area (Å²) in [5.74, 6) is 0.853. The Bertz CT molecular complexity index is 325. The van der Waals surface area contributed by atoms with Crippen LogP contribution < -0.4 is 10.2 Å². The van der Waals surface area contributed by atoms with Crippen LogP contribution in [0.15, 0.2) is 18.2 Å². The molecule has 1 aliphatic rings. The maximum atomic E-state index is 4.97. The van der Waals surface area contributed by atoms with Crippen LogP contribution in [0.5, 0.6) is 5.75 Å². The number of rotatable bonds is 3. The lowest BCUT2D eigenvalue weighted by atomic mass is 10.0. The van der Waals surface area contributed by atoms with E-state index in [1.165, 1.54) is 5.56 Å². The van der Waals surface area contributed by atoms with Gasteiger partial charge in [-0.1, -0.05) is 6.07 Å². The summed E-state index contributed by atoms with van der Waals surface area (Å²) in [6, 6.07) is 6.70. The maximum absolute atomic E-state index is 4.97. The Morgan fingerprint density at radius 2 is 2.36 bits per heavy atom. The summed E-state index contributed by atoms with van der Waals surface area (Å²) in [6.45, 7) is 2.73. The Balaban J connectivity index is 2.12. The number of hydrogen-bond acceptors (Lipinski definition) is 3. The van der Waals surface area contributed by atoms with Gasteiger partial charge in [0.1, 0.15) is 6.61 Å². The lowest BCUT2D eigenvalue weighted by Crippen LogP contribution is -2.23. The monoisotopic (exact) mass is 193 g/mol. The van der Waals surface area contributed by atoms with Gasteiger partial charge in [0.2, 0.25) is 0 Å². The first-order chi connectivity index (χ1) is 6.79. The SMILES string of the molecule is CNC(C)Cc1ccc2c(c1)COO2. The molecule has 2 rings (SSSR count). The van der Waals surface area contributed by atoms with E-state index in [-0.39, 0.29) is 0 Å². The van der Waals surface area contributed by atoms with Crippen molar-refractivity contribution in [3.63, 3.8) is 0 Å². The zero-order valence-electron chi connectivity index (χ0n) is 8.54. The minimum Gasteiger partial charge on any atom is -0.337 e. The normalized spacial score (nSPS) is 16.1. The van der Waals surface area contributed by atoms with Gasteiger partial charge in [0, 0.05) is 11.6 Å². The Hall–Kier alpha value is -1.06. The van der Waals surface area contributed by atoms with Gasteiger partial charge in [-0.25, -0.2) is 0 Å². The zero-order chi connectivity index (χ0) is 9.97. The van der Waals surface area contributed by atoms with Crippen molar-refractivity contribution >= 4 is 0 Å². The number of fused-ring (bicyclic) bond motifs is 1. The molecule has 0 aliphatic carbocycles. The van der Waals surface area contributed by atoms with Gasteiger partial charge in [-0.2, -0.15) is 4.89 Å². The first-order valence-electron chi connectivity index (χ1n) is 4.88. The molecule has 1 aromatic rings. The van der Waals surface area contributed by atoms with Crippen molar-refractivity contribution in [3.8, 4) is 5.75 Å². The molecule has 0 saturated heterocycles. The van der Waals surface area contributed by atoms with Crippen LogP contribution in [0.4, 0.5) is 0 Å². The van der Waals surface area contributed by atoms with E-state index in [2.05, 4.69) is 24.4 Å². The van der Waals surface area contributed by atoms with Gasteiger partial charge in [-0.3, -0.25) is 0 Å². The maximum Gasteiger partial charge on any atom is 0.171 e. The third-order valence-corrected chi connectivity index (χ3v) is 2.52. The van der Waals surface area contributed by atoms with Crippen LogP contribution in [0.25, 0.3) is 0 Å². The summed E-state index contributed by atoms with van der Waals surface area (Å²) < 4.78 is 0. The summed E-state index contributed by atoms with van der Waals surface area (Å²) in [4.78, 5) is 9.85. The van der Waals surface area contributed by atoms with Crippen LogP contribution in [0.2, 0.25) is 0 Å². The highest BCUT2D eigenvalue weighted by atomic mass is 17.2. The fourth-order valence-corrected chi connectivity index (χ4v) is 1.57. The van der Waals surface area contributed by atoms with E-state index in [1.807, 2.05) is 13.1 Å². The van der Waals surface area contributed by atoms with Crippen molar-refractivity contribution in [1.29, 1.82) is 0 Å². The average molecular weight is 193 g/mol. The quantitative estimate of drug-likeness (QED) is 0.740. The Kier molecular flexibility index (Phi) is 2.70. The lowest BCUT2D eigenvalue weighted by molar-refractivity contribution is -0.194. The van der Waals surface area contributed by atoms with Crippen LogP contribution in [0, 0.1) is 0 Å². The van der Waals surface area contributed by atoms with E-state index < -0.39 is 0 Å². The van der Waals surface area contributed by atoms with E-state index >= 15 is 0 Å². The second-order valence-corrected chi connectivity index (χ2v) is 3.68. The molecule has 0 bridgehead atoms. The van der Waals surface area contributed by atoms with E-state index in [9.17, 15) is 0 Å². The van der Waals surface area contributed by atoms with Crippen molar-refractivity contribution in [2.45, 2.75) is 26.0 Å². The standard InChI is InChI=1S/C11H15NO2/c1-8(12-2)5-9-3-4-11-10(6-9)7-13-14-11/h3-4,6,8,12H,5,7H2,1-2H3. The smallest absolute Gasteiger partial charge is 0.171 e. The van der Waals surface area contributed by atoms with Gasteiger partial charge in [0.15, 0.2) is 5.75 Å². The second kappa shape index (κ2) is 3.98. The molecule has 0 aromatic heterocycles. The molecule has 1 atom stereocenters. The van der Waals surface area contributed by atoms with Crippen LogP contribution in [0.3, 0.4) is 0 Å². The minimum absolute atomic E-state index is 0.497. The van der Waals surface area contributed by atoms with Gasteiger partial charge in [0.05, 0.1) is 0 Å². The summed E-state index contributed by atoms with van der Waals surface area (Å²) in [5, 5.41) is 3.22. The first kappa shape index (κ1) is 9.49. The van der Waals surface area contributed by atoms with Crippen LogP contribution >= 0.6 is 0 Å².